The number of ether oxygens (including phenoxy) is 1. The molecule has 1 fully saturated rings. The van der Waals surface area contributed by atoms with Gasteiger partial charge >= 0.3 is 0 Å². The van der Waals surface area contributed by atoms with Gasteiger partial charge in [-0.05, 0) is 25.5 Å². The van der Waals surface area contributed by atoms with E-state index in [9.17, 15) is 0 Å². The SMILES string of the molecule is CC[C@@H]1O[C@@H]1[C@@]1(C)Nc2ccccc2S1. The van der Waals surface area contributed by atoms with E-state index < -0.39 is 0 Å². The van der Waals surface area contributed by atoms with Crippen molar-refractivity contribution in [3.05, 3.63) is 24.3 Å². The van der Waals surface area contributed by atoms with Gasteiger partial charge in [-0.15, -0.1) is 0 Å². The monoisotopic (exact) mass is 221 g/mol. The molecule has 3 heteroatoms. The molecule has 0 spiro atoms. The Kier molecular flexibility index (Phi) is 2.01. The van der Waals surface area contributed by atoms with Crippen LogP contribution in [0.2, 0.25) is 0 Å². The van der Waals surface area contributed by atoms with E-state index in [0.717, 1.165) is 6.42 Å². The second kappa shape index (κ2) is 3.16. The standard InChI is InChI=1S/C12H15NOS/c1-3-9-11(14-9)12(2)13-8-6-4-5-7-10(8)15-12/h4-7,9,11,13H,3H2,1-2H3/t9-,11-,12-/m0/s1. The lowest BCUT2D eigenvalue weighted by Gasteiger charge is -2.21. The minimum atomic E-state index is 0.0321. The summed E-state index contributed by atoms with van der Waals surface area (Å²) in [4.78, 5) is 1.37. The van der Waals surface area contributed by atoms with Crippen molar-refractivity contribution in [1.82, 2.24) is 0 Å². The number of hydrogen-bond acceptors (Lipinski definition) is 3. The maximum absolute atomic E-state index is 5.70. The zero-order valence-electron chi connectivity index (χ0n) is 8.99. The highest BCUT2D eigenvalue weighted by molar-refractivity contribution is 8.01. The number of fused-ring (bicyclic) bond motifs is 1. The molecule has 2 aliphatic heterocycles. The van der Waals surface area contributed by atoms with E-state index in [-0.39, 0.29) is 4.87 Å². The van der Waals surface area contributed by atoms with E-state index in [1.165, 1.54) is 10.6 Å². The fraction of sp³-hybridized carbons (Fsp3) is 0.500. The Morgan fingerprint density at radius 3 is 2.93 bits per heavy atom. The van der Waals surface area contributed by atoms with E-state index in [0.29, 0.717) is 12.2 Å². The van der Waals surface area contributed by atoms with Crippen molar-refractivity contribution >= 4 is 17.4 Å². The van der Waals surface area contributed by atoms with Crippen LogP contribution in [0.25, 0.3) is 0 Å². The average Bonchev–Trinajstić information content (AvgIpc) is 2.95. The normalized spacial score (nSPS) is 37.2. The fourth-order valence-electron chi connectivity index (χ4n) is 2.25. The highest BCUT2D eigenvalue weighted by Crippen LogP contribution is 2.52. The molecule has 0 radical (unpaired) electrons. The number of nitrogens with one attached hydrogen (secondary N) is 1. The van der Waals surface area contributed by atoms with Crippen LogP contribution in [-0.2, 0) is 4.74 Å². The van der Waals surface area contributed by atoms with Gasteiger partial charge in [0, 0.05) is 10.6 Å². The third kappa shape index (κ3) is 1.45. The van der Waals surface area contributed by atoms with Crippen LogP contribution in [0, 0.1) is 0 Å². The molecule has 2 nitrogen and oxygen atoms in total. The highest BCUT2D eigenvalue weighted by Gasteiger charge is 2.54. The quantitative estimate of drug-likeness (QED) is 0.777. The molecule has 0 amide bonds. The van der Waals surface area contributed by atoms with Gasteiger partial charge in [-0.25, -0.2) is 0 Å². The summed E-state index contributed by atoms with van der Waals surface area (Å²) in [5.74, 6) is 0. The number of rotatable bonds is 2. The summed E-state index contributed by atoms with van der Waals surface area (Å²) in [6.07, 6.45) is 1.92. The highest BCUT2D eigenvalue weighted by atomic mass is 32.2. The first kappa shape index (κ1) is 9.55. The second-order valence-electron chi connectivity index (χ2n) is 4.33. The van der Waals surface area contributed by atoms with Gasteiger partial charge in [-0.1, -0.05) is 30.8 Å². The van der Waals surface area contributed by atoms with E-state index in [2.05, 4.69) is 43.4 Å². The van der Waals surface area contributed by atoms with Crippen molar-refractivity contribution < 1.29 is 4.74 Å². The maximum Gasteiger partial charge on any atom is 0.117 e. The molecule has 2 heterocycles. The van der Waals surface area contributed by atoms with E-state index >= 15 is 0 Å². The topological polar surface area (TPSA) is 24.6 Å². The molecule has 0 unspecified atom stereocenters. The van der Waals surface area contributed by atoms with Crippen LogP contribution in [-0.4, -0.2) is 17.1 Å². The van der Waals surface area contributed by atoms with E-state index in [1.54, 1.807) is 0 Å². The first-order valence-electron chi connectivity index (χ1n) is 5.44. The molecule has 1 aromatic rings. The lowest BCUT2D eigenvalue weighted by molar-refractivity contribution is 0.348. The molecule has 0 aromatic heterocycles. The van der Waals surface area contributed by atoms with Crippen molar-refractivity contribution in [3.63, 3.8) is 0 Å². The molecular formula is C12H15NOS. The average molecular weight is 221 g/mol. The third-order valence-electron chi connectivity index (χ3n) is 3.12. The minimum absolute atomic E-state index is 0.0321. The first-order valence-corrected chi connectivity index (χ1v) is 6.26. The number of thioether (sulfide) groups is 1. The Morgan fingerprint density at radius 2 is 2.27 bits per heavy atom. The van der Waals surface area contributed by atoms with Crippen molar-refractivity contribution in [2.75, 3.05) is 5.32 Å². The summed E-state index contributed by atoms with van der Waals surface area (Å²) in [6, 6.07) is 8.46. The van der Waals surface area contributed by atoms with Crippen LogP contribution in [0.4, 0.5) is 5.69 Å². The summed E-state index contributed by atoms with van der Waals surface area (Å²) in [7, 11) is 0. The summed E-state index contributed by atoms with van der Waals surface area (Å²) in [5, 5.41) is 3.58. The molecule has 1 N–H and O–H groups in total. The van der Waals surface area contributed by atoms with Gasteiger partial charge in [0.25, 0.3) is 0 Å². The molecule has 0 bridgehead atoms. The largest absolute Gasteiger partial charge is 0.368 e. The van der Waals surface area contributed by atoms with Crippen molar-refractivity contribution in [2.24, 2.45) is 0 Å². The molecule has 15 heavy (non-hydrogen) atoms. The fourth-order valence-corrected chi connectivity index (χ4v) is 3.56. The summed E-state index contributed by atoms with van der Waals surface area (Å²) in [6.45, 7) is 4.42. The number of hydrogen-bond donors (Lipinski definition) is 1. The van der Waals surface area contributed by atoms with Crippen molar-refractivity contribution in [2.45, 2.75) is 42.2 Å². The molecule has 3 rings (SSSR count). The Morgan fingerprint density at radius 1 is 1.47 bits per heavy atom. The molecule has 1 aromatic carbocycles. The molecule has 2 aliphatic rings. The molecule has 3 atom stereocenters. The number of anilines is 1. The molecule has 0 aliphatic carbocycles. The van der Waals surface area contributed by atoms with Crippen LogP contribution in [0.1, 0.15) is 20.3 Å². The second-order valence-corrected chi connectivity index (χ2v) is 5.83. The smallest absolute Gasteiger partial charge is 0.117 e. The van der Waals surface area contributed by atoms with Crippen LogP contribution in [0.3, 0.4) is 0 Å². The maximum atomic E-state index is 5.70. The van der Waals surface area contributed by atoms with Gasteiger partial charge in [0.15, 0.2) is 0 Å². The number of benzene rings is 1. The van der Waals surface area contributed by atoms with Gasteiger partial charge < -0.3 is 10.1 Å². The van der Waals surface area contributed by atoms with E-state index in [1.807, 2.05) is 11.8 Å². The molecule has 80 valence electrons. The Bertz CT molecular complexity index is 368. The molecule has 0 saturated carbocycles. The zero-order valence-corrected chi connectivity index (χ0v) is 9.80. The van der Waals surface area contributed by atoms with Crippen LogP contribution >= 0.6 is 11.8 Å². The summed E-state index contributed by atoms with van der Waals surface area (Å²) in [5.41, 5.74) is 1.25. The van der Waals surface area contributed by atoms with Gasteiger partial charge in [0.05, 0.1) is 6.10 Å². The van der Waals surface area contributed by atoms with Gasteiger partial charge in [0.2, 0.25) is 0 Å². The first-order chi connectivity index (χ1) is 7.23. The van der Waals surface area contributed by atoms with Gasteiger partial charge in [-0.2, -0.15) is 0 Å². The van der Waals surface area contributed by atoms with Gasteiger partial charge in [-0.3, -0.25) is 0 Å². The minimum Gasteiger partial charge on any atom is -0.368 e. The zero-order chi connectivity index (χ0) is 10.5. The predicted octanol–water partition coefficient (Wildman–Crippen LogP) is 3.10. The Hall–Kier alpha value is -0.670. The summed E-state index contributed by atoms with van der Waals surface area (Å²) < 4.78 is 5.70. The van der Waals surface area contributed by atoms with Crippen LogP contribution in [0.15, 0.2) is 29.2 Å². The number of para-hydroxylation sites is 1. The molecule has 1 saturated heterocycles. The molecular weight excluding hydrogens is 206 g/mol. The van der Waals surface area contributed by atoms with Crippen molar-refractivity contribution in [1.29, 1.82) is 0 Å². The van der Waals surface area contributed by atoms with Crippen molar-refractivity contribution in [3.8, 4) is 0 Å². The van der Waals surface area contributed by atoms with Crippen LogP contribution < -0.4 is 5.32 Å². The predicted molar refractivity (Wildman–Crippen MR) is 63.3 cm³/mol. The lowest BCUT2D eigenvalue weighted by Crippen LogP contribution is -2.34. The number of epoxide rings is 1. The van der Waals surface area contributed by atoms with E-state index in [4.69, 9.17) is 4.74 Å². The Labute approximate surface area is 94.4 Å². The van der Waals surface area contributed by atoms with Crippen LogP contribution in [0.5, 0.6) is 0 Å². The lowest BCUT2D eigenvalue weighted by atomic mass is 10.1. The Balaban J connectivity index is 1.83. The third-order valence-corrected chi connectivity index (χ3v) is 4.45. The summed E-state index contributed by atoms with van der Waals surface area (Å²) >= 11 is 1.89. The van der Waals surface area contributed by atoms with Gasteiger partial charge in [0.1, 0.15) is 11.0 Å².